The van der Waals surface area contributed by atoms with Gasteiger partial charge in [-0.25, -0.2) is 5.48 Å². The normalized spacial score (nSPS) is 12.9. The van der Waals surface area contributed by atoms with E-state index in [-0.39, 0.29) is 6.61 Å². The third-order valence-electron chi connectivity index (χ3n) is 3.55. The van der Waals surface area contributed by atoms with Crippen LogP contribution < -0.4 is 15.0 Å². The minimum atomic E-state index is -1.48. The van der Waals surface area contributed by atoms with Gasteiger partial charge < -0.3 is 9.47 Å². The fourth-order valence-electron chi connectivity index (χ4n) is 2.01. The van der Waals surface area contributed by atoms with Gasteiger partial charge in [0.25, 0.3) is 5.91 Å². The maximum Gasteiger partial charge on any atom is 0.259 e. The molecule has 2 unspecified atom stereocenters. The molecule has 134 valence electrons. The monoisotopic (exact) mass is 363 g/mol. The predicted molar refractivity (Wildman–Crippen MR) is 94.8 cm³/mol. The maximum atomic E-state index is 12.4. The van der Waals surface area contributed by atoms with Crippen molar-refractivity contribution >= 4 is 16.7 Å². The molecule has 0 heterocycles. The van der Waals surface area contributed by atoms with Crippen molar-refractivity contribution in [1.29, 1.82) is 0 Å². The van der Waals surface area contributed by atoms with Crippen LogP contribution in [0.2, 0.25) is 0 Å². The number of carbonyl (C=O) groups is 1. The van der Waals surface area contributed by atoms with Crippen LogP contribution >= 0.6 is 0 Å². The predicted octanol–water partition coefficient (Wildman–Crippen LogP) is 2.45. The first kappa shape index (κ1) is 19.0. The van der Waals surface area contributed by atoms with Gasteiger partial charge in [0.15, 0.2) is 0 Å². The number of rotatable bonds is 8. The molecule has 1 amide bonds. The van der Waals surface area contributed by atoms with E-state index in [9.17, 15) is 9.00 Å². The Kier molecular flexibility index (Phi) is 6.97. The van der Waals surface area contributed by atoms with Crippen LogP contribution in [0, 0.1) is 0 Å². The Bertz CT molecular complexity index is 715. The van der Waals surface area contributed by atoms with Gasteiger partial charge in [-0.1, -0.05) is 12.1 Å². The fraction of sp³-hybridized carbons (Fsp3) is 0.278. The molecule has 0 aliphatic carbocycles. The highest BCUT2D eigenvalue weighted by Gasteiger charge is 2.21. The number of hydrogen-bond donors (Lipinski definition) is 1. The molecule has 2 aromatic carbocycles. The number of methoxy groups -OCH3 is 2. The lowest BCUT2D eigenvalue weighted by Gasteiger charge is -2.12. The molecule has 0 saturated heterocycles. The molecular formula is C18H21NO5S. The van der Waals surface area contributed by atoms with Gasteiger partial charge in [0.05, 0.1) is 31.6 Å². The number of hydrogen-bond acceptors (Lipinski definition) is 5. The standard InChI is InChI=1S/C18H21NO5S/c1-13(25(21)17-10-8-16(23-3)9-11-17)18(20)19-24-12-14-4-6-15(22-2)7-5-14/h4-11,13H,12H2,1-3H3,(H,19,20). The Hall–Kier alpha value is -2.38. The van der Waals surface area contributed by atoms with Crippen molar-refractivity contribution in [3.63, 3.8) is 0 Å². The minimum absolute atomic E-state index is 0.206. The highest BCUT2D eigenvalue weighted by molar-refractivity contribution is 7.86. The van der Waals surface area contributed by atoms with E-state index >= 15 is 0 Å². The minimum Gasteiger partial charge on any atom is -0.497 e. The Balaban J connectivity index is 1.85. The largest absolute Gasteiger partial charge is 0.497 e. The molecule has 0 spiro atoms. The van der Waals surface area contributed by atoms with Gasteiger partial charge in [-0.3, -0.25) is 13.8 Å². The number of benzene rings is 2. The molecule has 2 rings (SSSR count). The molecule has 7 heteroatoms. The first-order chi connectivity index (χ1) is 12.0. The molecule has 6 nitrogen and oxygen atoms in total. The lowest BCUT2D eigenvalue weighted by molar-refractivity contribution is -0.133. The summed E-state index contributed by atoms with van der Waals surface area (Å²) in [5.74, 6) is 0.972. The summed E-state index contributed by atoms with van der Waals surface area (Å²) >= 11 is 0. The topological polar surface area (TPSA) is 73.9 Å². The van der Waals surface area contributed by atoms with Gasteiger partial charge in [-0.2, -0.15) is 0 Å². The summed E-state index contributed by atoms with van der Waals surface area (Å²) in [7, 11) is 1.67. The molecule has 0 bridgehead atoms. The average molecular weight is 363 g/mol. The van der Waals surface area contributed by atoms with Crippen LogP contribution in [0.15, 0.2) is 53.4 Å². The molecule has 2 atom stereocenters. The van der Waals surface area contributed by atoms with Crippen molar-refractivity contribution in [1.82, 2.24) is 5.48 Å². The quantitative estimate of drug-likeness (QED) is 0.729. The van der Waals surface area contributed by atoms with Crippen molar-refractivity contribution in [2.45, 2.75) is 23.7 Å². The van der Waals surface area contributed by atoms with Gasteiger partial charge in [0.1, 0.15) is 16.7 Å². The van der Waals surface area contributed by atoms with Gasteiger partial charge in [-0.15, -0.1) is 0 Å². The van der Waals surface area contributed by atoms with Crippen LogP contribution in [0.1, 0.15) is 12.5 Å². The molecule has 0 radical (unpaired) electrons. The van der Waals surface area contributed by atoms with Crippen LogP contribution in [-0.2, 0) is 27.0 Å². The van der Waals surface area contributed by atoms with Crippen LogP contribution in [0.25, 0.3) is 0 Å². The maximum absolute atomic E-state index is 12.4. The van der Waals surface area contributed by atoms with Crippen LogP contribution in [0.5, 0.6) is 11.5 Å². The molecule has 0 aliphatic rings. The smallest absolute Gasteiger partial charge is 0.259 e. The fourth-order valence-corrected chi connectivity index (χ4v) is 3.06. The van der Waals surface area contributed by atoms with Gasteiger partial charge in [-0.05, 0) is 48.9 Å². The highest BCUT2D eigenvalue weighted by atomic mass is 32.2. The van der Waals surface area contributed by atoms with Crippen molar-refractivity contribution in [2.75, 3.05) is 14.2 Å². The molecule has 2 aromatic rings. The van der Waals surface area contributed by atoms with E-state index in [1.54, 1.807) is 45.4 Å². The second-order valence-corrected chi connectivity index (χ2v) is 6.99. The average Bonchev–Trinajstić information content (AvgIpc) is 2.67. The van der Waals surface area contributed by atoms with Crippen LogP contribution in [0.4, 0.5) is 0 Å². The van der Waals surface area contributed by atoms with Crippen molar-refractivity contribution < 1.29 is 23.3 Å². The molecule has 0 aliphatic heterocycles. The second-order valence-electron chi connectivity index (χ2n) is 5.22. The van der Waals surface area contributed by atoms with Crippen molar-refractivity contribution in [2.24, 2.45) is 0 Å². The molecule has 0 aromatic heterocycles. The zero-order valence-electron chi connectivity index (χ0n) is 14.4. The SMILES string of the molecule is COc1ccc(CONC(=O)C(C)S(=O)c2ccc(OC)cc2)cc1. The number of carbonyl (C=O) groups excluding carboxylic acids is 1. The third-order valence-corrected chi connectivity index (χ3v) is 5.15. The highest BCUT2D eigenvalue weighted by Crippen LogP contribution is 2.17. The summed E-state index contributed by atoms with van der Waals surface area (Å²) in [5, 5.41) is -0.746. The van der Waals surface area contributed by atoms with Crippen LogP contribution in [0.3, 0.4) is 0 Å². The molecule has 0 saturated carbocycles. The zero-order chi connectivity index (χ0) is 18.2. The summed E-state index contributed by atoms with van der Waals surface area (Å²) in [4.78, 5) is 17.9. The zero-order valence-corrected chi connectivity index (χ0v) is 15.2. The molecule has 1 N–H and O–H groups in total. The van der Waals surface area contributed by atoms with E-state index < -0.39 is 22.0 Å². The first-order valence-corrected chi connectivity index (χ1v) is 8.85. The Morgan fingerprint density at radius 2 is 1.52 bits per heavy atom. The molecule has 0 fully saturated rings. The lowest BCUT2D eigenvalue weighted by Crippen LogP contribution is -2.35. The van der Waals surface area contributed by atoms with Crippen LogP contribution in [-0.4, -0.2) is 29.6 Å². The number of hydroxylamine groups is 1. The lowest BCUT2D eigenvalue weighted by atomic mass is 10.2. The van der Waals surface area contributed by atoms with Gasteiger partial charge in [0.2, 0.25) is 0 Å². The van der Waals surface area contributed by atoms with Crippen molar-refractivity contribution in [3.05, 3.63) is 54.1 Å². The van der Waals surface area contributed by atoms with E-state index in [2.05, 4.69) is 5.48 Å². The second kappa shape index (κ2) is 9.19. The first-order valence-electron chi connectivity index (χ1n) is 7.64. The summed E-state index contributed by atoms with van der Waals surface area (Å²) in [5.41, 5.74) is 3.22. The van der Waals surface area contributed by atoms with E-state index in [1.165, 1.54) is 0 Å². The third kappa shape index (κ3) is 5.30. The van der Waals surface area contributed by atoms with Gasteiger partial charge in [0, 0.05) is 4.90 Å². The molecule has 25 heavy (non-hydrogen) atoms. The summed E-state index contributed by atoms with van der Waals surface area (Å²) in [6.45, 7) is 1.80. The number of amides is 1. The van der Waals surface area contributed by atoms with E-state index in [4.69, 9.17) is 14.3 Å². The Morgan fingerprint density at radius 3 is 2.04 bits per heavy atom. The Labute approximate surface area is 149 Å². The number of nitrogens with one attached hydrogen (secondary N) is 1. The van der Waals surface area contributed by atoms with E-state index in [1.807, 2.05) is 24.3 Å². The number of ether oxygens (including phenoxy) is 2. The van der Waals surface area contributed by atoms with E-state index in [0.717, 1.165) is 11.3 Å². The summed E-state index contributed by atoms with van der Waals surface area (Å²) in [6, 6.07) is 14.1. The van der Waals surface area contributed by atoms with E-state index in [0.29, 0.717) is 10.6 Å². The van der Waals surface area contributed by atoms with Crippen molar-refractivity contribution in [3.8, 4) is 11.5 Å². The molecular weight excluding hydrogens is 342 g/mol. The summed E-state index contributed by atoms with van der Waals surface area (Å²) in [6.07, 6.45) is 0. The Morgan fingerprint density at radius 1 is 1.00 bits per heavy atom. The summed E-state index contributed by atoms with van der Waals surface area (Å²) < 4.78 is 22.6. The van der Waals surface area contributed by atoms with Gasteiger partial charge >= 0.3 is 0 Å².